The van der Waals surface area contributed by atoms with Crippen LogP contribution in [-0.2, 0) is 18.3 Å². The maximum Gasteiger partial charge on any atom is 0.145 e. The van der Waals surface area contributed by atoms with Crippen LogP contribution in [0.15, 0.2) is 36.9 Å². The van der Waals surface area contributed by atoms with Gasteiger partial charge in [-0.05, 0) is 49.2 Å². The van der Waals surface area contributed by atoms with Gasteiger partial charge in [0.15, 0.2) is 0 Å². The zero-order valence-electron chi connectivity index (χ0n) is 18.9. The molecule has 166 valence electrons. The Balaban J connectivity index is 1.11. The van der Waals surface area contributed by atoms with Crippen LogP contribution in [0.5, 0.6) is 0 Å². The van der Waals surface area contributed by atoms with Gasteiger partial charge in [0.25, 0.3) is 0 Å². The minimum atomic E-state index is -0.0671. The molecule has 32 heavy (non-hydrogen) atoms. The third-order valence-corrected chi connectivity index (χ3v) is 7.89. The molecule has 2 bridgehead atoms. The zero-order chi connectivity index (χ0) is 21.9. The molecule has 0 N–H and O–H groups in total. The van der Waals surface area contributed by atoms with Crippen molar-refractivity contribution in [3.05, 3.63) is 42.6 Å². The maximum atomic E-state index is 13.2. The fourth-order valence-electron chi connectivity index (χ4n) is 6.19. The van der Waals surface area contributed by atoms with Gasteiger partial charge in [0.1, 0.15) is 5.78 Å². The zero-order valence-corrected chi connectivity index (χ0v) is 18.9. The molecule has 1 aliphatic heterocycles. The minimum Gasteiger partial charge on any atom is -0.304 e. The lowest BCUT2D eigenvalue weighted by Gasteiger charge is -2.71. The molecule has 7 rings (SSSR count). The molecule has 4 aliphatic rings. The molecule has 4 fully saturated rings. The first-order valence-electron chi connectivity index (χ1n) is 11.6. The van der Waals surface area contributed by atoms with Gasteiger partial charge in [0.05, 0.1) is 11.9 Å². The summed E-state index contributed by atoms with van der Waals surface area (Å²) in [6, 6.07) is 4.12. The number of nitrogens with zero attached hydrogens (tertiary/aromatic N) is 6. The van der Waals surface area contributed by atoms with E-state index in [0.717, 1.165) is 73.2 Å². The third kappa shape index (κ3) is 3.35. The van der Waals surface area contributed by atoms with E-state index < -0.39 is 0 Å². The minimum absolute atomic E-state index is 0.0671. The van der Waals surface area contributed by atoms with Gasteiger partial charge < -0.3 is 9.80 Å². The molecule has 0 spiro atoms. The van der Waals surface area contributed by atoms with E-state index in [0.29, 0.717) is 17.6 Å². The molecule has 4 heterocycles. The number of piperazine rings is 1. The highest BCUT2D eigenvalue weighted by Crippen LogP contribution is 2.74. The van der Waals surface area contributed by atoms with Crippen molar-refractivity contribution >= 4 is 16.6 Å². The van der Waals surface area contributed by atoms with Crippen LogP contribution in [0.4, 0.5) is 0 Å². The molecule has 3 saturated carbocycles. The number of likely N-dealkylation sites (N-methyl/N-ethyl adjacent to an activating group) is 1. The number of fused-ring (bicyclic) bond motifs is 1. The second kappa shape index (κ2) is 7.18. The molecule has 3 aliphatic carbocycles. The van der Waals surface area contributed by atoms with E-state index in [1.54, 1.807) is 4.68 Å². The summed E-state index contributed by atoms with van der Waals surface area (Å²) in [7, 11) is 4.10. The van der Waals surface area contributed by atoms with E-state index in [2.05, 4.69) is 44.0 Å². The Labute approximate surface area is 188 Å². The van der Waals surface area contributed by atoms with E-state index in [4.69, 9.17) is 0 Å². The van der Waals surface area contributed by atoms with Gasteiger partial charge in [-0.15, -0.1) is 0 Å². The molecule has 3 aromatic heterocycles. The van der Waals surface area contributed by atoms with Crippen LogP contribution in [0.25, 0.3) is 22.0 Å². The predicted octanol–water partition coefficient (Wildman–Crippen LogP) is 2.56. The Morgan fingerprint density at radius 3 is 2.44 bits per heavy atom. The van der Waals surface area contributed by atoms with E-state index >= 15 is 0 Å². The first-order chi connectivity index (χ1) is 15.4. The molecule has 7 nitrogen and oxygen atoms in total. The average molecular weight is 431 g/mol. The summed E-state index contributed by atoms with van der Waals surface area (Å²) in [6.07, 6.45) is 11.1. The number of pyridine rings is 2. The van der Waals surface area contributed by atoms with Crippen LogP contribution >= 0.6 is 0 Å². The normalized spacial score (nSPS) is 27.8. The lowest BCUT2D eigenvalue weighted by molar-refractivity contribution is -0.212. The molecular weight excluding hydrogens is 400 g/mol. The standard InChI is InChI=1S/C25H30N6O/c1-29-3-5-31(6-4-29)17-24-14-25(15-24,16-24)23(32)9-21-7-18-8-22(20-12-28-30(2)13-20)27-11-19(18)10-26-21/h7-8,10-13H,3-6,9,14-17H2,1-2H3. The first-order valence-corrected chi connectivity index (χ1v) is 11.6. The Bertz CT molecular complexity index is 1170. The summed E-state index contributed by atoms with van der Waals surface area (Å²) >= 11 is 0. The number of rotatable bonds is 6. The Kier molecular flexibility index (Phi) is 4.49. The van der Waals surface area contributed by atoms with Crippen molar-refractivity contribution < 1.29 is 4.79 Å². The fourth-order valence-corrected chi connectivity index (χ4v) is 6.19. The van der Waals surface area contributed by atoms with Crippen LogP contribution in [0.1, 0.15) is 25.0 Å². The number of hydrogen-bond acceptors (Lipinski definition) is 6. The topological polar surface area (TPSA) is 67.2 Å². The van der Waals surface area contributed by atoms with Crippen molar-refractivity contribution in [2.75, 3.05) is 39.8 Å². The predicted molar refractivity (Wildman–Crippen MR) is 123 cm³/mol. The van der Waals surface area contributed by atoms with Crippen LogP contribution in [0.2, 0.25) is 0 Å². The molecule has 0 unspecified atom stereocenters. The summed E-state index contributed by atoms with van der Waals surface area (Å²) in [5.41, 5.74) is 3.08. The van der Waals surface area contributed by atoms with Crippen LogP contribution in [0, 0.1) is 10.8 Å². The van der Waals surface area contributed by atoms with Crippen molar-refractivity contribution in [2.24, 2.45) is 17.9 Å². The van der Waals surface area contributed by atoms with E-state index in [9.17, 15) is 4.79 Å². The highest BCUT2D eigenvalue weighted by atomic mass is 16.1. The Morgan fingerprint density at radius 2 is 1.72 bits per heavy atom. The number of carbonyl (C=O) groups is 1. The smallest absolute Gasteiger partial charge is 0.145 e. The average Bonchev–Trinajstić information content (AvgIpc) is 3.16. The van der Waals surface area contributed by atoms with Gasteiger partial charge in [-0.25, -0.2) is 0 Å². The third-order valence-electron chi connectivity index (χ3n) is 7.89. The number of carbonyl (C=O) groups excluding carboxylic acids is 1. The second-order valence-corrected chi connectivity index (χ2v) is 10.5. The van der Waals surface area contributed by atoms with Crippen molar-refractivity contribution in [3.8, 4) is 11.3 Å². The van der Waals surface area contributed by atoms with Gasteiger partial charge >= 0.3 is 0 Å². The lowest BCUT2D eigenvalue weighted by Crippen LogP contribution is -2.69. The van der Waals surface area contributed by atoms with Gasteiger partial charge in [0.2, 0.25) is 0 Å². The van der Waals surface area contributed by atoms with Crippen LogP contribution in [-0.4, -0.2) is 75.1 Å². The van der Waals surface area contributed by atoms with Crippen molar-refractivity contribution in [1.29, 1.82) is 0 Å². The molecule has 0 radical (unpaired) electrons. The molecular formula is C25H30N6O. The number of hydrogen-bond donors (Lipinski definition) is 0. The summed E-state index contributed by atoms with van der Waals surface area (Å²) in [5.74, 6) is 0.381. The fraction of sp³-hybridized carbons (Fsp3) is 0.520. The van der Waals surface area contributed by atoms with E-state index in [1.165, 1.54) is 6.54 Å². The van der Waals surface area contributed by atoms with Crippen molar-refractivity contribution in [3.63, 3.8) is 0 Å². The second-order valence-electron chi connectivity index (χ2n) is 10.5. The monoisotopic (exact) mass is 430 g/mol. The Morgan fingerprint density at radius 1 is 0.969 bits per heavy atom. The van der Waals surface area contributed by atoms with Crippen LogP contribution in [0.3, 0.4) is 0 Å². The lowest BCUT2D eigenvalue weighted by atomic mass is 9.33. The SMILES string of the molecule is CN1CCN(CC23CC(C(=O)Cc4cc5cc(-c6cnn(C)c6)ncc5cn4)(C2)C3)CC1. The summed E-state index contributed by atoms with van der Waals surface area (Å²) < 4.78 is 1.78. The number of Topliss-reactive ketones (excluding diaryl/α,β-unsaturated/α-hetero) is 1. The first kappa shape index (κ1) is 20.0. The largest absolute Gasteiger partial charge is 0.304 e. The Hall–Kier alpha value is -2.64. The van der Waals surface area contributed by atoms with E-state index in [-0.39, 0.29) is 5.41 Å². The molecule has 7 heteroatoms. The van der Waals surface area contributed by atoms with E-state index in [1.807, 2.05) is 31.8 Å². The summed E-state index contributed by atoms with van der Waals surface area (Å²) in [4.78, 5) is 27.3. The van der Waals surface area contributed by atoms with Gasteiger partial charge in [-0.3, -0.25) is 19.4 Å². The molecule has 3 aromatic rings. The summed E-state index contributed by atoms with van der Waals surface area (Å²) in [5, 5.41) is 6.30. The number of aryl methyl sites for hydroxylation is 1. The number of aromatic nitrogens is 4. The van der Waals surface area contributed by atoms with Crippen LogP contribution < -0.4 is 0 Å². The molecule has 0 aromatic carbocycles. The van der Waals surface area contributed by atoms with Gasteiger partial charge in [-0.2, -0.15) is 5.10 Å². The van der Waals surface area contributed by atoms with Gasteiger partial charge in [-0.1, -0.05) is 0 Å². The molecule has 0 amide bonds. The molecule has 1 saturated heterocycles. The highest BCUT2D eigenvalue weighted by molar-refractivity contribution is 5.91. The van der Waals surface area contributed by atoms with Gasteiger partial charge in [0, 0.05) is 86.8 Å². The quantitative estimate of drug-likeness (QED) is 0.599. The van der Waals surface area contributed by atoms with Crippen molar-refractivity contribution in [1.82, 2.24) is 29.5 Å². The molecule has 0 atom stereocenters. The summed E-state index contributed by atoms with van der Waals surface area (Å²) in [6.45, 7) is 5.82. The van der Waals surface area contributed by atoms with Crippen molar-refractivity contribution in [2.45, 2.75) is 25.7 Å². The number of ketones is 1. The maximum absolute atomic E-state index is 13.2. The highest BCUT2D eigenvalue weighted by Gasteiger charge is 2.70.